The highest BCUT2D eigenvalue weighted by atomic mass is 28.4. The Morgan fingerprint density at radius 2 is 1.85 bits per heavy atom. The standard InChI is InChI=1S/C25H42OSi/c1-17-8-10-19-18(16-17)9-11-21-20(19)14-15-25(5)22(21)12-13-23(25)26-27(6,7)24(2,3)4/h8,20-23H,9-16H2,1-7H3/t20-,21-,22+,23+,25+/m1/s1. The summed E-state index contributed by atoms with van der Waals surface area (Å²) in [4.78, 5) is 0. The smallest absolute Gasteiger partial charge is 0.192 e. The zero-order valence-electron chi connectivity index (χ0n) is 19.0. The van der Waals surface area contributed by atoms with Gasteiger partial charge in [-0.15, -0.1) is 0 Å². The van der Waals surface area contributed by atoms with E-state index in [1.165, 1.54) is 51.4 Å². The molecule has 0 aromatic carbocycles. The molecule has 5 atom stereocenters. The number of fused-ring (bicyclic) bond motifs is 4. The van der Waals surface area contributed by atoms with E-state index in [0.717, 1.165) is 17.8 Å². The Morgan fingerprint density at radius 1 is 1.11 bits per heavy atom. The van der Waals surface area contributed by atoms with Gasteiger partial charge in [0.15, 0.2) is 8.32 Å². The Labute approximate surface area is 169 Å². The van der Waals surface area contributed by atoms with Crippen molar-refractivity contribution < 1.29 is 4.43 Å². The molecule has 2 saturated carbocycles. The Bertz CT molecular complexity index is 664. The van der Waals surface area contributed by atoms with Gasteiger partial charge in [-0.1, -0.05) is 50.5 Å². The van der Waals surface area contributed by atoms with Crippen LogP contribution in [0.4, 0.5) is 0 Å². The normalized spacial score (nSPS) is 39.6. The summed E-state index contributed by atoms with van der Waals surface area (Å²) in [6, 6.07) is 0. The topological polar surface area (TPSA) is 9.23 Å². The van der Waals surface area contributed by atoms with Crippen molar-refractivity contribution in [1.29, 1.82) is 0 Å². The minimum atomic E-state index is -1.69. The van der Waals surface area contributed by atoms with Crippen molar-refractivity contribution in [2.75, 3.05) is 0 Å². The summed E-state index contributed by atoms with van der Waals surface area (Å²) >= 11 is 0. The molecule has 0 radical (unpaired) electrons. The molecule has 27 heavy (non-hydrogen) atoms. The quantitative estimate of drug-likeness (QED) is 0.350. The molecule has 4 aliphatic carbocycles. The minimum absolute atomic E-state index is 0.315. The van der Waals surface area contributed by atoms with Gasteiger partial charge in [-0.2, -0.15) is 0 Å². The number of rotatable bonds is 2. The zero-order chi connectivity index (χ0) is 19.6. The van der Waals surface area contributed by atoms with Gasteiger partial charge >= 0.3 is 0 Å². The summed E-state index contributed by atoms with van der Waals surface area (Å²) < 4.78 is 7.05. The average molecular weight is 387 g/mol. The number of allylic oxidation sites excluding steroid dienone is 4. The molecule has 0 saturated heterocycles. The second kappa shape index (κ2) is 6.59. The Morgan fingerprint density at radius 3 is 2.56 bits per heavy atom. The molecule has 0 N–H and O–H groups in total. The lowest BCUT2D eigenvalue weighted by atomic mass is 9.54. The van der Waals surface area contributed by atoms with Gasteiger partial charge in [0.05, 0.1) is 6.10 Å². The molecule has 0 spiro atoms. The summed E-state index contributed by atoms with van der Waals surface area (Å²) in [5, 5.41) is 0.315. The van der Waals surface area contributed by atoms with Crippen LogP contribution < -0.4 is 0 Å². The Hall–Kier alpha value is -0.343. The molecular weight excluding hydrogens is 344 g/mol. The molecule has 152 valence electrons. The highest BCUT2D eigenvalue weighted by molar-refractivity contribution is 6.74. The van der Waals surface area contributed by atoms with E-state index in [2.05, 4.69) is 53.8 Å². The van der Waals surface area contributed by atoms with Gasteiger partial charge in [-0.05, 0) is 99.6 Å². The first kappa shape index (κ1) is 20.0. The summed E-state index contributed by atoms with van der Waals surface area (Å²) in [7, 11) is -1.69. The fourth-order valence-corrected chi connectivity index (χ4v) is 8.21. The average Bonchev–Trinajstić information content (AvgIpc) is 2.89. The molecule has 0 amide bonds. The second-order valence-electron chi connectivity index (χ2n) is 12.0. The fourth-order valence-electron chi connectivity index (χ4n) is 6.75. The fraction of sp³-hybridized carbons (Fsp3) is 0.840. The predicted octanol–water partition coefficient (Wildman–Crippen LogP) is 7.65. The van der Waals surface area contributed by atoms with Crippen LogP contribution in [-0.4, -0.2) is 14.4 Å². The van der Waals surface area contributed by atoms with E-state index >= 15 is 0 Å². The number of hydrogen-bond acceptors (Lipinski definition) is 1. The van der Waals surface area contributed by atoms with Crippen LogP contribution in [0.2, 0.25) is 18.1 Å². The van der Waals surface area contributed by atoms with Crippen molar-refractivity contribution in [1.82, 2.24) is 0 Å². The van der Waals surface area contributed by atoms with E-state index in [9.17, 15) is 0 Å². The van der Waals surface area contributed by atoms with Crippen LogP contribution in [0.3, 0.4) is 0 Å². The molecule has 2 fully saturated rings. The summed E-state index contributed by atoms with van der Waals surface area (Å²) in [5.74, 6) is 2.72. The molecule has 2 heteroatoms. The second-order valence-corrected chi connectivity index (χ2v) is 16.7. The van der Waals surface area contributed by atoms with Crippen molar-refractivity contribution in [2.24, 2.45) is 23.2 Å². The highest BCUT2D eigenvalue weighted by Crippen LogP contribution is 2.62. The largest absolute Gasteiger partial charge is 0.413 e. The minimum Gasteiger partial charge on any atom is -0.413 e. The maximum atomic E-state index is 7.05. The maximum Gasteiger partial charge on any atom is 0.192 e. The molecule has 4 rings (SSSR count). The molecule has 0 aromatic rings. The lowest BCUT2D eigenvalue weighted by molar-refractivity contribution is -0.0253. The maximum absolute atomic E-state index is 7.05. The monoisotopic (exact) mass is 386 g/mol. The van der Waals surface area contributed by atoms with Crippen LogP contribution in [0.25, 0.3) is 0 Å². The molecule has 4 aliphatic rings. The van der Waals surface area contributed by atoms with Gasteiger partial charge in [0.1, 0.15) is 0 Å². The third kappa shape index (κ3) is 3.23. The summed E-state index contributed by atoms with van der Waals surface area (Å²) in [6.45, 7) is 17.0. The van der Waals surface area contributed by atoms with Crippen molar-refractivity contribution in [3.63, 3.8) is 0 Å². The van der Waals surface area contributed by atoms with Crippen molar-refractivity contribution in [3.05, 3.63) is 22.8 Å². The van der Waals surface area contributed by atoms with Gasteiger partial charge in [0, 0.05) is 0 Å². The first-order valence-corrected chi connectivity index (χ1v) is 14.5. The van der Waals surface area contributed by atoms with Crippen LogP contribution >= 0.6 is 0 Å². The molecule has 0 bridgehead atoms. The van der Waals surface area contributed by atoms with E-state index in [1.807, 2.05) is 11.1 Å². The Balaban J connectivity index is 1.54. The van der Waals surface area contributed by atoms with Crippen LogP contribution in [0.15, 0.2) is 22.8 Å². The van der Waals surface area contributed by atoms with Gasteiger partial charge in [-0.3, -0.25) is 0 Å². The van der Waals surface area contributed by atoms with E-state index in [-0.39, 0.29) is 0 Å². The van der Waals surface area contributed by atoms with E-state index in [0.29, 0.717) is 16.6 Å². The third-order valence-corrected chi connectivity index (χ3v) is 13.9. The molecule has 0 aliphatic heterocycles. The lowest BCUT2D eigenvalue weighted by Crippen LogP contribution is -2.51. The SMILES string of the molecule is CC1=CCC2=C(CC[C@@H]3[C@@H]2CC[C@]2(C)[C@@H](O[Si](C)(C)C(C)(C)C)CC[C@@H]32)C1. The van der Waals surface area contributed by atoms with Crippen LogP contribution in [0, 0.1) is 23.2 Å². The highest BCUT2D eigenvalue weighted by Gasteiger charge is 2.57. The van der Waals surface area contributed by atoms with E-state index in [4.69, 9.17) is 4.43 Å². The molecule has 1 nitrogen and oxygen atoms in total. The number of hydrogen-bond donors (Lipinski definition) is 0. The zero-order valence-corrected chi connectivity index (χ0v) is 20.0. The van der Waals surface area contributed by atoms with Gasteiger partial charge < -0.3 is 4.43 Å². The van der Waals surface area contributed by atoms with Crippen molar-refractivity contribution in [3.8, 4) is 0 Å². The molecule has 0 heterocycles. The predicted molar refractivity (Wildman–Crippen MR) is 118 cm³/mol. The summed E-state index contributed by atoms with van der Waals surface area (Å²) in [6.07, 6.45) is 13.9. The van der Waals surface area contributed by atoms with Crippen LogP contribution in [-0.2, 0) is 4.43 Å². The van der Waals surface area contributed by atoms with Crippen LogP contribution in [0.1, 0.15) is 86.0 Å². The van der Waals surface area contributed by atoms with Gasteiger partial charge in [-0.25, -0.2) is 0 Å². The van der Waals surface area contributed by atoms with Crippen molar-refractivity contribution >= 4 is 8.32 Å². The third-order valence-electron chi connectivity index (χ3n) is 9.44. The van der Waals surface area contributed by atoms with Gasteiger partial charge in [0.25, 0.3) is 0 Å². The molecular formula is C25H42OSi. The summed E-state index contributed by atoms with van der Waals surface area (Å²) in [5.41, 5.74) is 5.73. The molecule has 0 aromatic heterocycles. The molecule has 0 unspecified atom stereocenters. The lowest BCUT2D eigenvalue weighted by Gasteiger charge is -2.53. The van der Waals surface area contributed by atoms with Crippen molar-refractivity contribution in [2.45, 2.75) is 110 Å². The first-order chi connectivity index (χ1) is 12.5. The van der Waals surface area contributed by atoms with E-state index < -0.39 is 8.32 Å². The van der Waals surface area contributed by atoms with Gasteiger partial charge in [0.2, 0.25) is 0 Å². The first-order valence-electron chi connectivity index (χ1n) is 11.6. The van der Waals surface area contributed by atoms with Crippen LogP contribution in [0.5, 0.6) is 0 Å². The Kier molecular flexibility index (Phi) is 4.87. The van der Waals surface area contributed by atoms with E-state index in [1.54, 1.807) is 5.57 Å².